The molecule has 13 aromatic carbocycles. The van der Waals surface area contributed by atoms with E-state index in [1.807, 2.05) is 12.1 Å². The largest absolute Gasteiger partial charge is 0.456 e. The molecule has 0 amide bonds. The minimum absolute atomic E-state index is 0.775. The van der Waals surface area contributed by atoms with E-state index in [2.05, 4.69) is 266 Å². The van der Waals surface area contributed by atoms with Crippen LogP contribution in [-0.4, -0.2) is 0 Å². The fourth-order valence-electron chi connectivity index (χ4n) is 12.9. The topological polar surface area (TPSA) is 59.0 Å². The van der Waals surface area contributed by atoms with E-state index >= 15 is 0 Å². The molecule has 0 N–H and O–H groups in total. The van der Waals surface area contributed by atoms with Crippen LogP contribution in [0.2, 0.25) is 0 Å². The van der Waals surface area contributed by atoms with Crippen molar-refractivity contribution in [3.63, 3.8) is 0 Å². The van der Waals surface area contributed by atoms with Crippen LogP contribution in [-0.2, 0) is 0 Å². The van der Waals surface area contributed by atoms with E-state index in [-0.39, 0.29) is 0 Å². The summed E-state index contributed by atoms with van der Waals surface area (Å²) >= 11 is 0. The summed E-state index contributed by atoms with van der Waals surface area (Å²) in [6.45, 7) is 4.35. The van der Waals surface area contributed by atoms with Gasteiger partial charge in [0.25, 0.3) is 0 Å². The summed E-state index contributed by atoms with van der Waals surface area (Å²) in [4.78, 5) is 4.75. The molecule has 0 aliphatic carbocycles. The number of anilines is 6. The van der Waals surface area contributed by atoms with Gasteiger partial charge >= 0.3 is 0 Å². The van der Waals surface area contributed by atoms with Gasteiger partial charge in [0.15, 0.2) is 11.2 Å². The SMILES string of the molecule is Cc1ccccc1N(c1ccc2cc3c(cc2c1)oc1cc2oc4cc5cc(N(c6ccccc6C)c6c(-c7ccccc7)ccc7c6oc6ccccc67)ccc5cc4c2cc13)c1c(-c2ccccc2)ccc2c1oc1ccccc12. The van der Waals surface area contributed by atoms with Gasteiger partial charge in [-0.25, -0.2) is 0 Å². The van der Waals surface area contributed by atoms with Crippen LogP contribution in [0.3, 0.4) is 0 Å². The number of fused-ring (bicyclic) bond motifs is 14. The summed E-state index contributed by atoms with van der Waals surface area (Å²) in [5.74, 6) is 0. The summed E-state index contributed by atoms with van der Waals surface area (Å²) in [7, 11) is 0. The molecule has 0 aliphatic heterocycles. The van der Waals surface area contributed by atoms with Crippen LogP contribution in [0.1, 0.15) is 11.1 Å². The van der Waals surface area contributed by atoms with Crippen LogP contribution in [0.25, 0.3) is 132 Å². The normalized spacial score (nSPS) is 12.0. The van der Waals surface area contributed by atoms with E-state index in [0.29, 0.717) is 0 Å². The monoisotopic (exact) mass is 1050 g/mol. The Morgan fingerprint density at radius 3 is 1.12 bits per heavy atom. The first-order chi connectivity index (χ1) is 40.5. The summed E-state index contributed by atoms with van der Waals surface area (Å²) in [6, 6.07) is 90.6. The predicted octanol–water partition coefficient (Wildman–Crippen LogP) is 22.5. The fraction of sp³-hybridized carbons (Fsp3) is 0.0263. The highest BCUT2D eigenvalue weighted by Gasteiger charge is 2.28. The van der Waals surface area contributed by atoms with Crippen LogP contribution < -0.4 is 9.80 Å². The number of aryl methyl sites for hydroxylation is 2. The minimum Gasteiger partial charge on any atom is -0.456 e. The van der Waals surface area contributed by atoms with Gasteiger partial charge in [-0.2, -0.15) is 0 Å². The molecule has 386 valence electrons. The van der Waals surface area contributed by atoms with Crippen molar-refractivity contribution < 1.29 is 17.7 Å². The molecule has 4 aromatic heterocycles. The lowest BCUT2D eigenvalue weighted by Gasteiger charge is -2.29. The van der Waals surface area contributed by atoms with Gasteiger partial charge in [0.05, 0.1) is 11.4 Å². The average Bonchev–Trinajstić information content (AvgIpc) is 4.21. The van der Waals surface area contributed by atoms with Gasteiger partial charge in [0.2, 0.25) is 0 Å². The molecule has 0 atom stereocenters. The molecule has 0 saturated heterocycles. The Balaban J connectivity index is 0.800. The van der Waals surface area contributed by atoms with Gasteiger partial charge in [0.1, 0.15) is 33.5 Å². The van der Waals surface area contributed by atoms with E-state index in [1.165, 1.54) is 0 Å². The van der Waals surface area contributed by atoms with Crippen LogP contribution in [0, 0.1) is 13.8 Å². The minimum atomic E-state index is 0.775. The van der Waals surface area contributed by atoms with E-state index < -0.39 is 0 Å². The third-order valence-electron chi connectivity index (χ3n) is 16.8. The van der Waals surface area contributed by atoms with Gasteiger partial charge < -0.3 is 27.5 Å². The summed E-state index contributed by atoms with van der Waals surface area (Å²) in [5, 5.41) is 12.9. The van der Waals surface area contributed by atoms with Crippen molar-refractivity contribution in [3.8, 4) is 22.3 Å². The van der Waals surface area contributed by atoms with Gasteiger partial charge in [-0.3, -0.25) is 0 Å². The van der Waals surface area contributed by atoms with Crippen molar-refractivity contribution in [2.24, 2.45) is 0 Å². The molecule has 0 aliphatic rings. The molecule has 6 nitrogen and oxygen atoms in total. The zero-order valence-electron chi connectivity index (χ0n) is 44.8. The quantitative estimate of drug-likeness (QED) is 0.151. The number of benzene rings is 13. The lowest BCUT2D eigenvalue weighted by Crippen LogP contribution is -2.13. The Labute approximate surface area is 470 Å². The lowest BCUT2D eigenvalue weighted by atomic mass is 9.98. The number of hydrogen-bond acceptors (Lipinski definition) is 6. The molecular formula is C76H48N2O4. The first kappa shape index (κ1) is 46.1. The van der Waals surface area contributed by atoms with Crippen molar-refractivity contribution >= 4 is 143 Å². The molecule has 0 spiro atoms. The van der Waals surface area contributed by atoms with Crippen LogP contribution in [0.5, 0.6) is 0 Å². The van der Waals surface area contributed by atoms with Crippen molar-refractivity contribution in [2.45, 2.75) is 13.8 Å². The Morgan fingerprint density at radius 1 is 0.256 bits per heavy atom. The number of nitrogens with zero attached hydrogens (tertiary/aromatic N) is 2. The Hall–Kier alpha value is -10.8. The maximum Gasteiger partial charge on any atom is 0.160 e. The zero-order valence-corrected chi connectivity index (χ0v) is 44.8. The number of para-hydroxylation sites is 4. The van der Waals surface area contributed by atoms with Gasteiger partial charge in [-0.1, -0.05) is 158 Å². The molecule has 17 rings (SSSR count). The van der Waals surface area contributed by atoms with E-state index in [0.717, 1.165) is 177 Å². The highest BCUT2D eigenvalue weighted by atomic mass is 16.3. The summed E-state index contributed by atoms with van der Waals surface area (Å²) in [6.07, 6.45) is 0. The van der Waals surface area contributed by atoms with E-state index in [9.17, 15) is 0 Å². The lowest BCUT2D eigenvalue weighted by molar-refractivity contribution is 0.656. The van der Waals surface area contributed by atoms with Crippen molar-refractivity contribution in [1.29, 1.82) is 0 Å². The molecular weight excluding hydrogens is 1000 g/mol. The molecule has 6 heteroatoms. The van der Waals surface area contributed by atoms with E-state index in [4.69, 9.17) is 17.7 Å². The van der Waals surface area contributed by atoms with Crippen LogP contribution >= 0.6 is 0 Å². The van der Waals surface area contributed by atoms with Crippen molar-refractivity contribution in [3.05, 3.63) is 266 Å². The fourth-order valence-corrected chi connectivity index (χ4v) is 12.9. The Bertz CT molecular complexity index is 5120. The van der Waals surface area contributed by atoms with E-state index in [1.54, 1.807) is 0 Å². The third kappa shape index (κ3) is 7.08. The number of hydrogen-bond donors (Lipinski definition) is 0. The molecule has 0 radical (unpaired) electrons. The second-order valence-electron chi connectivity index (χ2n) is 21.7. The van der Waals surface area contributed by atoms with Crippen LogP contribution in [0.15, 0.2) is 272 Å². The molecule has 4 heterocycles. The van der Waals surface area contributed by atoms with Gasteiger partial charge in [-0.15, -0.1) is 0 Å². The molecule has 0 bridgehead atoms. The number of furan rings is 4. The van der Waals surface area contributed by atoms with Crippen molar-refractivity contribution in [2.75, 3.05) is 9.80 Å². The smallest absolute Gasteiger partial charge is 0.160 e. The molecule has 17 aromatic rings. The molecule has 0 fully saturated rings. The summed E-state index contributed by atoms with van der Waals surface area (Å²) in [5.41, 5.74) is 19.4. The highest BCUT2D eigenvalue weighted by Crippen LogP contribution is 2.51. The highest BCUT2D eigenvalue weighted by molar-refractivity contribution is 6.20. The van der Waals surface area contributed by atoms with Crippen LogP contribution in [0.4, 0.5) is 34.1 Å². The Morgan fingerprint density at radius 2 is 0.659 bits per heavy atom. The Kier molecular flexibility index (Phi) is 10.0. The molecule has 82 heavy (non-hydrogen) atoms. The maximum absolute atomic E-state index is 6.88. The first-order valence-corrected chi connectivity index (χ1v) is 27.9. The standard InChI is InChI=1S/C76H48N2O4/c1-45-17-9-13-25-65(45)77(73-55(47-19-5-3-6-20-47)33-35-59-57-23-11-15-27-67(57)81-75(59)73)53-31-29-49-39-61-63-43-64-62-40-50-30-32-54(38-52(50)42-70(62)80-72(64)44-71(63)79-69(61)41-51(49)37-53)78(66-26-14-10-18-46(66)2)74-56(48-21-7-4-8-22-48)34-36-60-58-24-12-16-28-68(58)82-76(60)74/h3-44H,1-2H3. The van der Waals surface area contributed by atoms with Crippen molar-refractivity contribution in [1.82, 2.24) is 0 Å². The summed E-state index contributed by atoms with van der Waals surface area (Å²) < 4.78 is 27.4. The maximum atomic E-state index is 6.88. The van der Waals surface area contributed by atoms with Gasteiger partial charge in [-0.05, 0) is 149 Å². The molecule has 0 unspecified atom stereocenters. The second-order valence-corrected chi connectivity index (χ2v) is 21.7. The molecule has 0 saturated carbocycles. The first-order valence-electron chi connectivity index (χ1n) is 27.9. The average molecular weight is 1050 g/mol. The number of rotatable bonds is 8. The predicted molar refractivity (Wildman–Crippen MR) is 340 cm³/mol. The zero-order chi connectivity index (χ0) is 54.2. The third-order valence-corrected chi connectivity index (χ3v) is 16.8. The van der Waals surface area contributed by atoms with Gasteiger partial charge in [0, 0.05) is 83.0 Å². The second kappa shape index (κ2) is 17.8.